The van der Waals surface area contributed by atoms with Crippen LogP contribution in [0.1, 0.15) is 16.1 Å². The van der Waals surface area contributed by atoms with Crippen molar-refractivity contribution in [2.24, 2.45) is 5.73 Å². The SMILES string of the molecule is C=O.CNc1[nH]c2cc(-c3ccc(CNCCOC)o3)ccc2c1C(N)=O. The van der Waals surface area contributed by atoms with Gasteiger partial charge in [-0.2, -0.15) is 0 Å². The molecule has 3 rings (SSSR count). The maximum Gasteiger partial charge on any atom is 0.253 e. The number of rotatable bonds is 8. The molecule has 3 aromatic rings. The van der Waals surface area contributed by atoms with E-state index in [4.69, 9.17) is 19.7 Å². The number of nitrogens with one attached hydrogen (secondary N) is 3. The predicted molar refractivity (Wildman–Crippen MR) is 105 cm³/mol. The molecule has 0 aliphatic heterocycles. The van der Waals surface area contributed by atoms with Crippen LogP contribution in [0.5, 0.6) is 0 Å². The number of anilines is 1. The van der Waals surface area contributed by atoms with Crippen molar-refractivity contribution < 1.29 is 18.7 Å². The molecule has 0 unspecified atom stereocenters. The second kappa shape index (κ2) is 9.56. The molecular formula is C19H24N4O4. The predicted octanol–water partition coefficient (Wildman–Crippen LogP) is 2.12. The Labute approximate surface area is 157 Å². The van der Waals surface area contributed by atoms with E-state index in [0.717, 1.165) is 34.5 Å². The molecule has 1 aromatic carbocycles. The molecule has 0 radical (unpaired) electrons. The van der Waals surface area contributed by atoms with E-state index in [1.54, 1.807) is 14.2 Å². The van der Waals surface area contributed by atoms with Gasteiger partial charge in [-0.05, 0) is 18.2 Å². The van der Waals surface area contributed by atoms with Crippen molar-refractivity contribution in [3.8, 4) is 11.3 Å². The standard InChI is InChI=1S/C18H22N4O3.CH2O/c1-20-18-16(17(19)23)13-5-3-11(9-14(13)22-18)15-6-4-12(25-15)10-21-7-8-24-2;1-2/h3-6,9,20-22H,7-8,10H2,1-2H3,(H2,19,23);1H2. The van der Waals surface area contributed by atoms with Gasteiger partial charge in [0.25, 0.3) is 5.91 Å². The third-order valence-corrected chi connectivity index (χ3v) is 4.02. The molecule has 2 aromatic heterocycles. The molecule has 1 amide bonds. The first-order valence-corrected chi connectivity index (χ1v) is 8.35. The Morgan fingerprint density at radius 2 is 2.07 bits per heavy atom. The molecule has 0 aliphatic rings. The molecule has 8 heteroatoms. The number of fused-ring (bicyclic) bond motifs is 1. The highest BCUT2D eigenvalue weighted by Gasteiger charge is 2.16. The van der Waals surface area contributed by atoms with Crippen molar-refractivity contribution in [1.82, 2.24) is 10.3 Å². The lowest BCUT2D eigenvalue weighted by Gasteiger charge is -2.02. The first kappa shape index (κ1) is 20.2. The summed E-state index contributed by atoms with van der Waals surface area (Å²) in [6, 6.07) is 9.63. The molecule has 27 heavy (non-hydrogen) atoms. The Morgan fingerprint density at radius 3 is 2.74 bits per heavy atom. The maximum absolute atomic E-state index is 11.7. The Morgan fingerprint density at radius 1 is 1.30 bits per heavy atom. The van der Waals surface area contributed by atoms with E-state index in [-0.39, 0.29) is 0 Å². The molecule has 8 nitrogen and oxygen atoms in total. The largest absolute Gasteiger partial charge is 0.460 e. The number of primary amides is 1. The second-order valence-electron chi connectivity index (χ2n) is 5.69. The number of carbonyl (C=O) groups is 2. The van der Waals surface area contributed by atoms with E-state index in [1.165, 1.54) is 0 Å². The summed E-state index contributed by atoms with van der Waals surface area (Å²) in [5, 5.41) is 6.99. The van der Waals surface area contributed by atoms with Crippen molar-refractivity contribution in [1.29, 1.82) is 0 Å². The van der Waals surface area contributed by atoms with Crippen LogP contribution in [-0.2, 0) is 16.1 Å². The highest BCUT2D eigenvalue weighted by atomic mass is 16.5. The average Bonchev–Trinajstić information content (AvgIpc) is 3.30. The number of carbonyl (C=O) groups excluding carboxylic acids is 2. The van der Waals surface area contributed by atoms with Crippen molar-refractivity contribution in [2.45, 2.75) is 6.54 Å². The first-order valence-electron chi connectivity index (χ1n) is 8.35. The summed E-state index contributed by atoms with van der Waals surface area (Å²) in [6.45, 7) is 4.07. The van der Waals surface area contributed by atoms with Gasteiger partial charge in [-0.1, -0.05) is 12.1 Å². The summed E-state index contributed by atoms with van der Waals surface area (Å²) in [5.41, 5.74) is 7.70. The highest BCUT2D eigenvalue weighted by molar-refractivity contribution is 6.11. The van der Waals surface area contributed by atoms with Crippen LogP contribution >= 0.6 is 0 Å². The molecule has 144 valence electrons. The summed E-state index contributed by atoms with van der Waals surface area (Å²) < 4.78 is 10.9. The average molecular weight is 372 g/mol. The minimum absolute atomic E-state index is 0.464. The van der Waals surface area contributed by atoms with Crippen LogP contribution in [0.2, 0.25) is 0 Å². The van der Waals surface area contributed by atoms with Crippen LogP contribution in [0, 0.1) is 0 Å². The number of benzene rings is 1. The third kappa shape index (κ3) is 4.55. The van der Waals surface area contributed by atoms with Gasteiger partial charge in [0, 0.05) is 37.2 Å². The molecule has 0 fully saturated rings. The number of aromatic amines is 1. The fourth-order valence-electron chi connectivity index (χ4n) is 2.81. The number of aromatic nitrogens is 1. The first-order chi connectivity index (χ1) is 13.1. The van der Waals surface area contributed by atoms with Crippen molar-refractivity contribution in [2.75, 3.05) is 32.6 Å². The molecule has 2 heterocycles. The highest BCUT2D eigenvalue weighted by Crippen LogP contribution is 2.30. The van der Waals surface area contributed by atoms with Crippen molar-refractivity contribution >= 4 is 29.4 Å². The van der Waals surface area contributed by atoms with Gasteiger partial charge in [0.1, 0.15) is 24.1 Å². The Bertz CT molecular complexity index is 900. The fraction of sp³-hybridized carbons (Fsp3) is 0.263. The Kier molecular flexibility index (Phi) is 7.16. The quantitative estimate of drug-likeness (QED) is 0.449. The summed E-state index contributed by atoms with van der Waals surface area (Å²) in [5.74, 6) is 1.77. The number of nitrogens with two attached hydrogens (primary N) is 1. The summed E-state index contributed by atoms with van der Waals surface area (Å²) in [6.07, 6.45) is 0. The summed E-state index contributed by atoms with van der Waals surface area (Å²) in [7, 11) is 3.42. The van der Waals surface area contributed by atoms with Crippen LogP contribution in [0.15, 0.2) is 34.7 Å². The summed E-state index contributed by atoms with van der Waals surface area (Å²) >= 11 is 0. The van der Waals surface area contributed by atoms with Crippen LogP contribution in [0.25, 0.3) is 22.2 Å². The van der Waals surface area contributed by atoms with E-state index in [2.05, 4.69) is 15.6 Å². The Balaban J connectivity index is 0.00000126. The lowest BCUT2D eigenvalue weighted by atomic mass is 10.1. The van der Waals surface area contributed by atoms with Gasteiger partial charge >= 0.3 is 0 Å². The smallest absolute Gasteiger partial charge is 0.253 e. The molecule has 0 bridgehead atoms. The van der Waals surface area contributed by atoms with E-state index in [1.807, 2.05) is 37.1 Å². The van der Waals surface area contributed by atoms with Gasteiger partial charge < -0.3 is 35.3 Å². The van der Waals surface area contributed by atoms with E-state index in [0.29, 0.717) is 24.5 Å². The molecular weight excluding hydrogens is 348 g/mol. The normalized spacial score (nSPS) is 10.4. The van der Waals surface area contributed by atoms with E-state index >= 15 is 0 Å². The molecule has 0 spiro atoms. The van der Waals surface area contributed by atoms with Crippen molar-refractivity contribution in [3.05, 3.63) is 41.7 Å². The lowest BCUT2D eigenvalue weighted by Crippen LogP contribution is -2.18. The van der Waals surface area contributed by atoms with Crippen LogP contribution in [0.4, 0.5) is 5.82 Å². The third-order valence-electron chi connectivity index (χ3n) is 4.02. The van der Waals surface area contributed by atoms with Crippen molar-refractivity contribution in [3.63, 3.8) is 0 Å². The van der Waals surface area contributed by atoms with Gasteiger partial charge in [-0.3, -0.25) is 4.79 Å². The molecule has 5 N–H and O–H groups in total. The molecule has 0 saturated heterocycles. The van der Waals surface area contributed by atoms with Gasteiger partial charge in [-0.15, -0.1) is 0 Å². The topological polar surface area (TPSA) is 122 Å². The molecule has 0 atom stereocenters. The zero-order chi connectivity index (χ0) is 19.8. The minimum atomic E-state index is -0.467. The fourth-order valence-corrected chi connectivity index (χ4v) is 2.81. The van der Waals surface area contributed by atoms with Crippen LogP contribution in [0.3, 0.4) is 0 Å². The maximum atomic E-state index is 11.7. The number of hydrogen-bond donors (Lipinski definition) is 4. The van der Waals surface area contributed by atoms with Gasteiger partial charge in [0.2, 0.25) is 0 Å². The van der Waals surface area contributed by atoms with Crippen LogP contribution < -0.4 is 16.4 Å². The number of hydrogen-bond acceptors (Lipinski definition) is 6. The number of methoxy groups -OCH3 is 1. The minimum Gasteiger partial charge on any atom is -0.460 e. The number of furan rings is 1. The van der Waals surface area contributed by atoms with Gasteiger partial charge in [-0.25, -0.2) is 0 Å². The summed E-state index contributed by atoms with van der Waals surface area (Å²) in [4.78, 5) is 22.9. The van der Waals surface area contributed by atoms with Gasteiger partial charge in [0.15, 0.2) is 0 Å². The number of H-pyrrole nitrogens is 1. The van der Waals surface area contributed by atoms with Gasteiger partial charge in [0.05, 0.1) is 18.7 Å². The van der Waals surface area contributed by atoms with E-state index in [9.17, 15) is 4.79 Å². The molecule has 0 saturated carbocycles. The monoisotopic (exact) mass is 372 g/mol. The van der Waals surface area contributed by atoms with Crippen LogP contribution in [-0.4, -0.2) is 45.0 Å². The Hall–Kier alpha value is -3.10. The zero-order valence-corrected chi connectivity index (χ0v) is 15.4. The number of ether oxygens (including phenoxy) is 1. The number of amides is 1. The zero-order valence-electron chi connectivity index (χ0n) is 15.4. The second-order valence-corrected chi connectivity index (χ2v) is 5.69. The molecule has 0 aliphatic carbocycles. The van der Waals surface area contributed by atoms with E-state index < -0.39 is 5.91 Å². The lowest BCUT2D eigenvalue weighted by molar-refractivity contribution is -0.0980.